The molecule has 162 valence electrons. The topological polar surface area (TPSA) is 85.0 Å². The molecule has 1 fully saturated rings. The highest BCUT2D eigenvalue weighted by Gasteiger charge is 2.37. The number of piperidine rings is 1. The third-order valence-corrected chi connectivity index (χ3v) is 5.55. The van der Waals surface area contributed by atoms with Crippen LogP contribution in [0.5, 0.6) is 5.75 Å². The smallest absolute Gasteiger partial charge is 0.350 e. The molecule has 1 saturated heterocycles. The molecular formula is C20H20F2N6O3. The standard InChI is InChI=1S/C20H20F2N6O3/c1-25-19(30)28-6-3-14(10-16(28)24-25)27-7-8-31-15-9-13(11-23-17(15)27)18(29)26-5-2-4-20(21,22)12-26/h3,6,9-11H,2,4-5,7-8,12H2,1H3. The molecular weight excluding hydrogens is 410 g/mol. The fraction of sp³-hybridized carbons (Fsp3) is 0.400. The van der Waals surface area contributed by atoms with E-state index in [0.717, 1.165) is 5.69 Å². The third kappa shape index (κ3) is 3.39. The Bertz CT molecular complexity index is 1240. The Morgan fingerprint density at radius 3 is 2.90 bits per heavy atom. The SMILES string of the molecule is Cn1nc2cc(N3CCOc4cc(C(=O)N5CCCC(F)(F)C5)cnc43)ccn2c1=O. The van der Waals surface area contributed by atoms with E-state index in [-0.39, 0.29) is 24.1 Å². The molecule has 0 radical (unpaired) electrons. The van der Waals surface area contributed by atoms with E-state index >= 15 is 0 Å². The van der Waals surface area contributed by atoms with Gasteiger partial charge in [0.05, 0.1) is 18.7 Å². The minimum absolute atomic E-state index is 0.204. The molecule has 0 bridgehead atoms. The number of hydrogen-bond acceptors (Lipinski definition) is 6. The van der Waals surface area contributed by atoms with Crippen LogP contribution in [0.25, 0.3) is 5.65 Å². The van der Waals surface area contributed by atoms with Crippen LogP contribution in [-0.4, -0.2) is 62.1 Å². The summed E-state index contributed by atoms with van der Waals surface area (Å²) in [7, 11) is 1.58. The molecule has 5 heterocycles. The highest BCUT2D eigenvalue weighted by molar-refractivity contribution is 5.95. The van der Waals surface area contributed by atoms with Gasteiger partial charge in [0.15, 0.2) is 17.2 Å². The third-order valence-electron chi connectivity index (χ3n) is 5.55. The number of pyridine rings is 2. The van der Waals surface area contributed by atoms with E-state index < -0.39 is 18.4 Å². The quantitative estimate of drug-likeness (QED) is 0.617. The zero-order valence-corrected chi connectivity index (χ0v) is 16.8. The molecule has 0 spiro atoms. The highest BCUT2D eigenvalue weighted by atomic mass is 19.3. The number of aryl methyl sites for hydroxylation is 1. The number of carbonyl (C=O) groups excluding carboxylic acids is 1. The Morgan fingerprint density at radius 2 is 2.10 bits per heavy atom. The minimum Gasteiger partial charge on any atom is -0.488 e. The Labute approximate surface area is 175 Å². The Hall–Kier alpha value is -3.50. The van der Waals surface area contributed by atoms with Crippen molar-refractivity contribution in [2.45, 2.75) is 18.8 Å². The summed E-state index contributed by atoms with van der Waals surface area (Å²) in [4.78, 5) is 32.2. The Balaban J connectivity index is 1.45. The fourth-order valence-corrected chi connectivity index (χ4v) is 4.03. The van der Waals surface area contributed by atoms with Gasteiger partial charge in [0.1, 0.15) is 6.61 Å². The van der Waals surface area contributed by atoms with Crippen molar-refractivity contribution in [3.63, 3.8) is 0 Å². The molecule has 0 N–H and O–H groups in total. The number of nitrogens with zero attached hydrogens (tertiary/aromatic N) is 6. The molecule has 31 heavy (non-hydrogen) atoms. The van der Waals surface area contributed by atoms with Gasteiger partial charge in [-0.2, -0.15) is 5.10 Å². The molecule has 2 aliphatic rings. The number of anilines is 2. The molecule has 3 aromatic rings. The van der Waals surface area contributed by atoms with Crippen LogP contribution in [0.4, 0.5) is 20.3 Å². The summed E-state index contributed by atoms with van der Waals surface area (Å²) in [5.41, 5.74) is 1.24. The average molecular weight is 430 g/mol. The van der Waals surface area contributed by atoms with Crippen molar-refractivity contribution in [1.82, 2.24) is 24.1 Å². The number of carbonyl (C=O) groups is 1. The zero-order chi connectivity index (χ0) is 21.8. The maximum absolute atomic E-state index is 13.7. The van der Waals surface area contributed by atoms with Crippen LogP contribution in [0.15, 0.2) is 35.4 Å². The predicted octanol–water partition coefficient (Wildman–Crippen LogP) is 1.83. The summed E-state index contributed by atoms with van der Waals surface area (Å²) in [6.45, 7) is 0.578. The van der Waals surface area contributed by atoms with Crippen molar-refractivity contribution in [3.05, 3.63) is 46.6 Å². The normalized spacial score (nSPS) is 18.0. The first kappa shape index (κ1) is 19.5. The first-order valence-corrected chi connectivity index (χ1v) is 9.95. The summed E-state index contributed by atoms with van der Waals surface area (Å²) < 4.78 is 35.8. The highest BCUT2D eigenvalue weighted by Crippen LogP contribution is 2.36. The lowest BCUT2D eigenvalue weighted by atomic mass is 10.1. The molecule has 0 saturated carbocycles. The first-order valence-electron chi connectivity index (χ1n) is 9.95. The van der Waals surface area contributed by atoms with Crippen molar-refractivity contribution in [1.29, 1.82) is 0 Å². The minimum atomic E-state index is -2.87. The van der Waals surface area contributed by atoms with Gasteiger partial charge < -0.3 is 14.5 Å². The van der Waals surface area contributed by atoms with Crippen molar-refractivity contribution < 1.29 is 18.3 Å². The second kappa shape index (κ2) is 7.03. The number of hydrogen-bond donors (Lipinski definition) is 0. The van der Waals surface area contributed by atoms with E-state index in [2.05, 4.69) is 10.1 Å². The van der Waals surface area contributed by atoms with Crippen LogP contribution in [-0.2, 0) is 7.05 Å². The lowest BCUT2D eigenvalue weighted by molar-refractivity contribution is -0.0560. The summed E-state index contributed by atoms with van der Waals surface area (Å²) >= 11 is 0. The average Bonchev–Trinajstić information content (AvgIpc) is 3.04. The summed E-state index contributed by atoms with van der Waals surface area (Å²) in [5.74, 6) is -2.44. The van der Waals surface area contributed by atoms with Gasteiger partial charge in [-0.25, -0.2) is 23.2 Å². The van der Waals surface area contributed by atoms with Crippen LogP contribution in [0.1, 0.15) is 23.2 Å². The van der Waals surface area contributed by atoms with Crippen molar-refractivity contribution in [2.75, 3.05) is 31.1 Å². The van der Waals surface area contributed by atoms with Gasteiger partial charge in [0, 0.05) is 44.2 Å². The van der Waals surface area contributed by atoms with E-state index in [0.29, 0.717) is 36.9 Å². The summed E-state index contributed by atoms with van der Waals surface area (Å²) in [6.07, 6.45) is 3.09. The van der Waals surface area contributed by atoms with Gasteiger partial charge in [-0.05, 0) is 18.6 Å². The second-order valence-corrected chi connectivity index (χ2v) is 7.75. The van der Waals surface area contributed by atoms with Crippen molar-refractivity contribution >= 4 is 23.1 Å². The lowest BCUT2D eigenvalue weighted by Gasteiger charge is -2.33. The zero-order valence-electron chi connectivity index (χ0n) is 16.8. The van der Waals surface area contributed by atoms with Gasteiger partial charge in [0.25, 0.3) is 11.8 Å². The van der Waals surface area contributed by atoms with Crippen molar-refractivity contribution in [3.8, 4) is 5.75 Å². The van der Waals surface area contributed by atoms with Crippen molar-refractivity contribution in [2.24, 2.45) is 7.05 Å². The number of likely N-dealkylation sites (tertiary alicyclic amines) is 1. The summed E-state index contributed by atoms with van der Waals surface area (Å²) in [5, 5.41) is 4.20. The summed E-state index contributed by atoms with van der Waals surface area (Å²) in [6, 6.07) is 5.10. The number of rotatable bonds is 2. The largest absolute Gasteiger partial charge is 0.488 e. The number of halogens is 2. The van der Waals surface area contributed by atoms with Gasteiger partial charge in [0.2, 0.25) is 0 Å². The van der Waals surface area contributed by atoms with Crippen LogP contribution in [0, 0.1) is 0 Å². The van der Waals surface area contributed by atoms with E-state index in [9.17, 15) is 18.4 Å². The van der Waals surface area contributed by atoms with Crippen LogP contribution in [0.3, 0.4) is 0 Å². The molecule has 2 aliphatic heterocycles. The molecule has 11 heteroatoms. The molecule has 0 atom stereocenters. The molecule has 1 amide bonds. The maximum atomic E-state index is 13.7. The van der Waals surface area contributed by atoms with Gasteiger partial charge >= 0.3 is 5.69 Å². The maximum Gasteiger partial charge on any atom is 0.350 e. The molecule has 9 nitrogen and oxygen atoms in total. The molecule has 5 rings (SSSR count). The lowest BCUT2D eigenvalue weighted by Crippen LogP contribution is -2.45. The second-order valence-electron chi connectivity index (χ2n) is 7.75. The molecule has 0 aliphatic carbocycles. The van der Waals surface area contributed by atoms with Crippen LogP contribution < -0.4 is 15.3 Å². The van der Waals surface area contributed by atoms with E-state index in [1.807, 2.05) is 4.90 Å². The number of aromatic nitrogens is 4. The number of fused-ring (bicyclic) bond motifs is 2. The Kier molecular flexibility index (Phi) is 4.42. The molecule has 0 unspecified atom stereocenters. The van der Waals surface area contributed by atoms with Gasteiger partial charge in [-0.3, -0.25) is 9.20 Å². The number of ether oxygens (including phenoxy) is 1. The number of amides is 1. The van der Waals surface area contributed by atoms with E-state index in [4.69, 9.17) is 4.74 Å². The predicted molar refractivity (Wildman–Crippen MR) is 107 cm³/mol. The van der Waals surface area contributed by atoms with Crippen LogP contribution >= 0.6 is 0 Å². The van der Waals surface area contributed by atoms with Crippen LogP contribution in [0.2, 0.25) is 0 Å². The molecule has 3 aromatic heterocycles. The first-order chi connectivity index (χ1) is 14.8. The fourth-order valence-electron chi connectivity index (χ4n) is 4.03. The van der Waals surface area contributed by atoms with Gasteiger partial charge in [-0.15, -0.1) is 0 Å². The number of alkyl halides is 2. The van der Waals surface area contributed by atoms with E-state index in [1.165, 1.54) is 20.2 Å². The van der Waals surface area contributed by atoms with Gasteiger partial charge in [-0.1, -0.05) is 0 Å². The Morgan fingerprint density at radius 1 is 1.26 bits per heavy atom. The monoisotopic (exact) mass is 430 g/mol. The van der Waals surface area contributed by atoms with E-state index in [1.54, 1.807) is 31.4 Å². The molecule has 0 aromatic carbocycles.